The molecule has 0 bridgehead atoms. The van der Waals surface area contributed by atoms with Gasteiger partial charge in [-0.1, -0.05) is 169 Å². The fraction of sp³-hybridized carbons (Fsp3) is 0.958. The zero-order valence-electron chi connectivity index (χ0n) is 35.3. The van der Waals surface area contributed by atoms with E-state index >= 15 is 0 Å². The van der Waals surface area contributed by atoms with Gasteiger partial charge >= 0.3 is 0 Å². The van der Waals surface area contributed by atoms with Crippen molar-refractivity contribution in [3.05, 3.63) is 11.6 Å². The summed E-state index contributed by atoms with van der Waals surface area (Å²) in [5.41, 5.74) is 8.91. The summed E-state index contributed by atoms with van der Waals surface area (Å²) in [7, 11) is 0. The predicted octanol–water partition coefficient (Wildman–Crippen LogP) is 14.0. The van der Waals surface area contributed by atoms with E-state index in [-0.39, 0.29) is 6.10 Å². The summed E-state index contributed by atoms with van der Waals surface area (Å²) in [5.74, 6) is 5.39. The molecular formula is C48H89NO2. The highest BCUT2D eigenvalue weighted by Gasteiger charge is 2.59. The molecular weight excluding hydrogens is 623 g/mol. The first-order valence-electron chi connectivity index (χ1n) is 23.4. The summed E-state index contributed by atoms with van der Waals surface area (Å²) in [6, 6.07) is 0. The first-order chi connectivity index (χ1) is 24.7. The SMILES string of the molecule is CCCCCCCCCCCCCCCCCCOCC(CN)OC1CC[C@@]2(C)C(=CCC3C2CC[C@@]2(C)C3CC[C@@H]2[C@H](C)CCCC(C)C)C1. The first kappa shape index (κ1) is 43.3. The van der Waals surface area contributed by atoms with Crippen LogP contribution in [-0.2, 0) is 9.47 Å². The molecule has 3 saturated carbocycles. The van der Waals surface area contributed by atoms with Gasteiger partial charge in [-0.05, 0) is 104 Å². The van der Waals surface area contributed by atoms with E-state index in [4.69, 9.17) is 15.2 Å². The lowest BCUT2D eigenvalue weighted by Gasteiger charge is -2.58. The second-order valence-electron chi connectivity index (χ2n) is 19.5. The lowest BCUT2D eigenvalue weighted by atomic mass is 9.47. The molecule has 4 aliphatic rings. The minimum atomic E-state index is 0.0330. The molecule has 9 atom stereocenters. The van der Waals surface area contributed by atoms with Crippen molar-refractivity contribution in [2.45, 2.75) is 227 Å². The average molecular weight is 712 g/mol. The molecule has 0 aliphatic heterocycles. The van der Waals surface area contributed by atoms with Gasteiger partial charge in [-0.2, -0.15) is 0 Å². The maximum atomic E-state index is 6.69. The van der Waals surface area contributed by atoms with Crippen molar-refractivity contribution in [3.8, 4) is 0 Å². The molecule has 3 fully saturated rings. The van der Waals surface area contributed by atoms with Crippen LogP contribution in [0.1, 0.15) is 215 Å². The number of hydrogen-bond acceptors (Lipinski definition) is 3. The van der Waals surface area contributed by atoms with E-state index in [2.05, 4.69) is 47.6 Å². The first-order valence-corrected chi connectivity index (χ1v) is 23.4. The Bertz CT molecular complexity index is 961. The third-order valence-electron chi connectivity index (χ3n) is 15.4. The van der Waals surface area contributed by atoms with Gasteiger partial charge in [0.2, 0.25) is 0 Å². The van der Waals surface area contributed by atoms with Crippen molar-refractivity contribution >= 4 is 0 Å². The fourth-order valence-corrected chi connectivity index (χ4v) is 12.2. The van der Waals surface area contributed by atoms with E-state index in [9.17, 15) is 0 Å². The van der Waals surface area contributed by atoms with Gasteiger partial charge in [0, 0.05) is 13.2 Å². The molecule has 0 aromatic heterocycles. The summed E-state index contributed by atoms with van der Waals surface area (Å²) in [6.45, 7) is 17.1. The smallest absolute Gasteiger partial charge is 0.0934 e. The monoisotopic (exact) mass is 712 g/mol. The van der Waals surface area contributed by atoms with Crippen LogP contribution >= 0.6 is 0 Å². The van der Waals surface area contributed by atoms with Crippen molar-refractivity contribution in [1.82, 2.24) is 0 Å². The quantitative estimate of drug-likeness (QED) is 0.0681. The molecule has 5 unspecified atom stereocenters. The summed E-state index contributed by atoms with van der Waals surface area (Å²) in [4.78, 5) is 0. The number of unbranched alkanes of at least 4 members (excludes halogenated alkanes) is 15. The molecule has 298 valence electrons. The minimum Gasteiger partial charge on any atom is -0.379 e. The molecule has 3 nitrogen and oxygen atoms in total. The van der Waals surface area contributed by atoms with Gasteiger partial charge in [0.25, 0.3) is 0 Å². The Hall–Kier alpha value is -0.380. The Morgan fingerprint density at radius 1 is 0.725 bits per heavy atom. The van der Waals surface area contributed by atoms with E-state index in [0.29, 0.717) is 30.1 Å². The van der Waals surface area contributed by atoms with Crippen LogP contribution in [0.3, 0.4) is 0 Å². The van der Waals surface area contributed by atoms with Crippen LogP contribution in [0.25, 0.3) is 0 Å². The van der Waals surface area contributed by atoms with Crippen molar-refractivity contribution in [2.75, 3.05) is 19.8 Å². The van der Waals surface area contributed by atoms with Crippen LogP contribution in [0.15, 0.2) is 11.6 Å². The standard InChI is InChI=1S/C48H89NO2/c1-7-8-9-10-11-12-13-14-15-16-17-18-19-20-21-22-34-50-37-42(36-49)51-41-30-32-47(5)40(35-41)26-27-43-45-29-28-44(39(4)25-23-24-38(2)3)48(45,6)33-31-46(43)47/h26,38-39,41-46H,7-25,27-37,49H2,1-6H3/t39-,41?,42?,43?,44-,45?,46?,47+,48-/m1/s1. The van der Waals surface area contributed by atoms with E-state index in [0.717, 1.165) is 48.5 Å². The molecule has 4 aliphatic carbocycles. The van der Waals surface area contributed by atoms with Gasteiger partial charge in [0.05, 0.1) is 18.8 Å². The van der Waals surface area contributed by atoms with Gasteiger partial charge in [-0.3, -0.25) is 0 Å². The summed E-state index contributed by atoms with van der Waals surface area (Å²) < 4.78 is 12.8. The van der Waals surface area contributed by atoms with Crippen LogP contribution in [0.4, 0.5) is 0 Å². The Morgan fingerprint density at radius 2 is 1.35 bits per heavy atom. The van der Waals surface area contributed by atoms with Gasteiger partial charge in [0.1, 0.15) is 0 Å². The summed E-state index contributed by atoms with van der Waals surface area (Å²) >= 11 is 0. The van der Waals surface area contributed by atoms with E-state index in [1.54, 1.807) is 5.57 Å². The second kappa shape index (κ2) is 22.9. The van der Waals surface area contributed by atoms with Gasteiger partial charge in [-0.15, -0.1) is 0 Å². The third kappa shape index (κ3) is 12.8. The normalized spacial score (nSPS) is 31.6. The molecule has 2 N–H and O–H groups in total. The highest BCUT2D eigenvalue weighted by molar-refractivity contribution is 5.25. The van der Waals surface area contributed by atoms with Crippen LogP contribution in [0.2, 0.25) is 0 Å². The number of rotatable bonds is 27. The van der Waals surface area contributed by atoms with Crippen LogP contribution in [0.5, 0.6) is 0 Å². The molecule has 0 spiro atoms. The van der Waals surface area contributed by atoms with Crippen molar-refractivity contribution < 1.29 is 9.47 Å². The van der Waals surface area contributed by atoms with Crippen molar-refractivity contribution in [3.63, 3.8) is 0 Å². The molecule has 0 aromatic carbocycles. The van der Waals surface area contributed by atoms with Crippen LogP contribution in [0, 0.1) is 46.3 Å². The molecule has 0 aromatic rings. The number of allylic oxidation sites excluding steroid dienone is 1. The van der Waals surface area contributed by atoms with Crippen LogP contribution in [-0.4, -0.2) is 32.0 Å². The third-order valence-corrected chi connectivity index (χ3v) is 15.4. The molecule has 0 radical (unpaired) electrons. The maximum absolute atomic E-state index is 6.69. The fourth-order valence-electron chi connectivity index (χ4n) is 12.2. The highest BCUT2D eigenvalue weighted by atomic mass is 16.5. The highest BCUT2D eigenvalue weighted by Crippen LogP contribution is 2.67. The van der Waals surface area contributed by atoms with Crippen molar-refractivity contribution in [1.29, 1.82) is 0 Å². The number of fused-ring (bicyclic) bond motifs is 5. The molecule has 51 heavy (non-hydrogen) atoms. The molecule has 0 saturated heterocycles. The number of nitrogens with two attached hydrogens (primary N) is 1. The van der Waals surface area contributed by atoms with Crippen molar-refractivity contribution in [2.24, 2.45) is 52.1 Å². The molecule has 0 amide bonds. The Labute approximate surface area is 319 Å². The van der Waals surface area contributed by atoms with Crippen LogP contribution < -0.4 is 5.73 Å². The maximum Gasteiger partial charge on any atom is 0.0934 e. The topological polar surface area (TPSA) is 44.5 Å². The van der Waals surface area contributed by atoms with Gasteiger partial charge in [0.15, 0.2) is 0 Å². The zero-order chi connectivity index (χ0) is 36.5. The zero-order valence-corrected chi connectivity index (χ0v) is 35.3. The van der Waals surface area contributed by atoms with E-state index in [1.165, 1.54) is 167 Å². The minimum absolute atomic E-state index is 0.0330. The van der Waals surface area contributed by atoms with E-state index in [1.807, 2.05) is 0 Å². The lowest BCUT2D eigenvalue weighted by Crippen LogP contribution is -2.51. The Balaban J connectivity index is 1.07. The largest absolute Gasteiger partial charge is 0.379 e. The molecule has 4 rings (SSSR count). The molecule has 0 heterocycles. The Morgan fingerprint density at radius 3 is 1.96 bits per heavy atom. The van der Waals surface area contributed by atoms with Gasteiger partial charge in [-0.25, -0.2) is 0 Å². The van der Waals surface area contributed by atoms with Gasteiger partial charge < -0.3 is 15.2 Å². The number of ether oxygens (including phenoxy) is 2. The average Bonchev–Trinajstić information content (AvgIpc) is 3.47. The lowest BCUT2D eigenvalue weighted by molar-refractivity contribution is -0.0876. The second-order valence-corrected chi connectivity index (χ2v) is 19.5. The number of hydrogen-bond donors (Lipinski definition) is 1. The summed E-state index contributed by atoms with van der Waals surface area (Å²) in [5, 5.41) is 0. The molecule has 3 heteroatoms. The predicted molar refractivity (Wildman–Crippen MR) is 221 cm³/mol. The van der Waals surface area contributed by atoms with E-state index < -0.39 is 0 Å². The summed E-state index contributed by atoms with van der Waals surface area (Å²) in [6.07, 6.45) is 40.6. The Kier molecular flexibility index (Phi) is 19.4.